The molecule has 2 unspecified atom stereocenters. The van der Waals surface area contributed by atoms with Crippen molar-refractivity contribution in [2.75, 3.05) is 13.2 Å². The second-order valence-corrected chi connectivity index (χ2v) is 21.0. The molecule has 0 aromatic rings. The third-order valence-corrected chi connectivity index (χ3v) is 14.2. The number of carbonyl (C=O) groups excluding carboxylic acids is 2. The van der Waals surface area contributed by atoms with Crippen molar-refractivity contribution >= 4 is 11.9 Å². The van der Waals surface area contributed by atoms with Gasteiger partial charge in [-0.3, -0.25) is 9.59 Å². The maximum absolute atomic E-state index is 12.5. The van der Waals surface area contributed by atoms with E-state index >= 15 is 0 Å². The zero-order valence-electron chi connectivity index (χ0n) is 45.9. The number of esters is 1. The number of carbonyl (C=O) groups is 2. The van der Waals surface area contributed by atoms with Crippen LogP contribution in [0.3, 0.4) is 0 Å². The molecule has 0 radical (unpaired) electrons. The molecule has 0 aromatic carbocycles. The Balaban J connectivity index is 3.47. The predicted molar refractivity (Wildman–Crippen MR) is 296 cm³/mol. The van der Waals surface area contributed by atoms with Gasteiger partial charge < -0.3 is 20.3 Å². The number of nitrogens with one attached hydrogen (secondary N) is 1. The summed E-state index contributed by atoms with van der Waals surface area (Å²) in [6.45, 7) is 4.89. The fourth-order valence-corrected chi connectivity index (χ4v) is 9.51. The molecule has 6 heteroatoms. The van der Waals surface area contributed by atoms with Crippen LogP contribution in [0.4, 0.5) is 0 Å². The summed E-state index contributed by atoms with van der Waals surface area (Å²) in [5.74, 6) is -0.0875. The van der Waals surface area contributed by atoms with Crippen LogP contribution in [-0.4, -0.2) is 47.4 Å². The first-order chi connectivity index (χ1) is 33.5. The molecule has 0 aliphatic heterocycles. The lowest BCUT2D eigenvalue weighted by Crippen LogP contribution is -2.45. The lowest BCUT2D eigenvalue weighted by molar-refractivity contribution is -0.143. The molecule has 0 saturated heterocycles. The van der Waals surface area contributed by atoms with E-state index in [1.54, 1.807) is 6.08 Å². The van der Waals surface area contributed by atoms with Crippen LogP contribution in [0, 0.1) is 0 Å². The summed E-state index contributed by atoms with van der Waals surface area (Å²) < 4.78 is 5.46. The summed E-state index contributed by atoms with van der Waals surface area (Å²) in [5, 5.41) is 23.2. The van der Waals surface area contributed by atoms with Gasteiger partial charge in [0.05, 0.1) is 25.4 Å². The molecule has 0 aliphatic rings. The van der Waals surface area contributed by atoms with Gasteiger partial charge in [0.25, 0.3) is 0 Å². The number of hydrogen-bond donors (Lipinski definition) is 3. The van der Waals surface area contributed by atoms with Gasteiger partial charge in [-0.25, -0.2) is 0 Å². The zero-order valence-corrected chi connectivity index (χ0v) is 45.9. The van der Waals surface area contributed by atoms with Gasteiger partial charge in [0.15, 0.2) is 0 Å². The number of rotatable bonds is 57. The number of allylic oxidation sites excluding steroid dienone is 3. The zero-order chi connectivity index (χ0) is 49.3. The highest BCUT2D eigenvalue weighted by Gasteiger charge is 2.18. The highest BCUT2D eigenvalue weighted by atomic mass is 16.5. The largest absolute Gasteiger partial charge is 0.466 e. The molecule has 0 spiro atoms. The molecule has 1 amide bonds. The Kier molecular flexibility index (Phi) is 56.5. The molecule has 0 bridgehead atoms. The Labute approximate surface area is 424 Å². The van der Waals surface area contributed by atoms with E-state index in [9.17, 15) is 19.8 Å². The highest BCUT2D eigenvalue weighted by Crippen LogP contribution is 2.17. The third kappa shape index (κ3) is 53.7. The van der Waals surface area contributed by atoms with Crippen molar-refractivity contribution in [3.63, 3.8) is 0 Å². The van der Waals surface area contributed by atoms with Gasteiger partial charge in [-0.1, -0.05) is 289 Å². The highest BCUT2D eigenvalue weighted by molar-refractivity contribution is 5.76. The summed E-state index contributed by atoms with van der Waals surface area (Å²) in [4.78, 5) is 24.5. The Morgan fingerprint density at radius 3 is 1.06 bits per heavy atom. The lowest BCUT2D eigenvalue weighted by atomic mass is 10.0. The average Bonchev–Trinajstić information content (AvgIpc) is 3.34. The maximum atomic E-state index is 12.5. The fourth-order valence-electron chi connectivity index (χ4n) is 9.51. The first-order valence-corrected chi connectivity index (χ1v) is 30.6. The van der Waals surface area contributed by atoms with E-state index in [2.05, 4.69) is 31.3 Å². The lowest BCUT2D eigenvalue weighted by Gasteiger charge is -2.20. The summed E-state index contributed by atoms with van der Waals surface area (Å²) in [6.07, 6.45) is 70.6. The summed E-state index contributed by atoms with van der Waals surface area (Å²) in [6, 6.07) is -0.637. The van der Waals surface area contributed by atoms with Crippen molar-refractivity contribution in [3.05, 3.63) is 24.3 Å². The van der Waals surface area contributed by atoms with Gasteiger partial charge in [-0.15, -0.1) is 0 Å². The van der Waals surface area contributed by atoms with Gasteiger partial charge in [0, 0.05) is 12.8 Å². The Bertz CT molecular complexity index is 1060. The molecule has 3 N–H and O–H groups in total. The van der Waals surface area contributed by atoms with Crippen LogP contribution in [0.1, 0.15) is 335 Å². The topological polar surface area (TPSA) is 95.9 Å². The number of unbranched alkanes of at least 4 members (excludes halogenated alkanes) is 44. The van der Waals surface area contributed by atoms with Gasteiger partial charge in [-0.05, 0) is 57.8 Å². The quantitative estimate of drug-likeness (QED) is 0.0321. The fraction of sp³-hybridized carbons (Fsp3) is 0.903. The van der Waals surface area contributed by atoms with Crippen LogP contribution in [0.2, 0.25) is 0 Å². The molecular formula is C62H119NO5. The summed E-state index contributed by atoms with van der Waals surface area (Å²) in [5.41, 5.74) is 0. The van der Waals surface area contributed by atoms with Gasteiger partial charge in [0.2, 0.25) is 5.91 Å². The van der Waals surface area contributed by atoms with Crippen molar-refractivity contribution in [2.45, 2.75) is 347 Å². The summed E-state index contributed by atoms with van der Waals surface area (Å²) >= 11 is 0. The van der Waals surface area contributed by atoms with Crippen LogP contribution in [0.15, 0.2) is 24.3 Å². The Morgan fingerprint density at radius 1 is 0.397 bits per heavy atom. The standard InChI is InChI=1S/C62H119NO5/c1-3-5-7-9-11-13-15-17-18-19-20-21-22-23-24-25-26-27-31-34-38-42-46-50-54-60(65)59(58-64)63-61(66)55-51-47-43-39-35-32-28-29-33-37-41-45-49-53-57-68-62(67)56-52-48-44-40-36-30-16-14-12-10-8-6-4-2/h14,16,50,54,59-60,64-65H,3-13,15,17-49,51-53,55-58H2,1-2H3,(H,63,66)/b16-14-,54-50+. The van der Waals surface area contributed by atoms with Crippen LogP contribution in [0.25, 0.3) is 0 Å². The average molecular weight is 959 g/mol. The van der Waals surface area contributed by atoms with E-state index in [0.717, 1.165) is 57.8 Å². The number of ether oxygens (including phenoxy) is 1. The van der Waals surface area contributed by atoms with Crippen LogP contribution >= 0.6 is 0 Å². The van der Waals surface area contributed by atoms with E-state index in [1.165, 1.54) is 250 Å². The number of amides is 1. The first-order valence-electron chi connectivity index (χ1n) is 30.6. The number of aliphatic hydroxyl groups is 2. The predicted octanol–water partition coefficient (Wildman–Crippen LogP) is 19.0. The molecule has 0 aliphatic carbocycles. The Hall–Kier alpha value is -1.66. The minimum Gasteiger partial charge on any atom is -0.466 e. The first kappa shape index (κ1) is 66.3. The molecule has 2 atom stereocenters. The number of aliphatic hydroxyl groups excluding tert-OH is 2. The third-order valence-electron chi connectivity index (χ3n) is 14.2. The SMILES string of the molecule is CCCCCC/C=C\CCCCCCCC(=O)OCCCCCCCCCCCCCCCCC(=O)NC(CO)C(O)/C=C/CCCCCCCCCCCCCCCCCCCCCCCC. The maximum Gasteiger partial charge on any atom is 0.305 e. The molecule has 0 saturated carbocycles. The second-order valence-electron chi connectivity index (χ2n) is 21.0. The molecule has 402 valence electrons. The van der Waals surface area contributed by atoms with Crippen molar-refractivity contribution in [2.24, 2.45) is 0 Å². The Morgan fingerprint density at radius 2 is 0.691 bits per heavy atom. The van der Waals surface area contributed by atoms with E-state index < -0.39 is 12.1 Å². The van der Waals surface area contributed by atoms with Crippen molar-refractivity contribution in [3.8, 4) is 0 Å². The van der Waals surface area contributed by atoms with Crippen LogP contribution < -0.4 is 5.32 Å². The molecular weight excluding hydrogens is 839 g/mol. The van der Waals surface area contributed by atoms with E-state index in [0.29, 0.717) is 19.4 Å². The molecule has 0 fully saturated rings. The normalized spacial score (nSPS) is 12.7. The number of hydrogen-bond acceptors (Lipinski definition) is 5. The minimum atomic E-state index is -0.853. The van der Waals surface area contributed by atoms with E-state index in [1.807, 2.05) is 6.08 Å². The molecule has 0 rings (SSSR count). The minimum absolute atomic E-state index is 0.0120. The van der Waals surface area contributed by atoms with E-state index in [4.69, 9.17) is 4.74 Å². The van der Waals surface area contributed by atoms with Crippen molar-refractivity contribution in [1.82, 2.24) is 5.32 Å². The van der Waals surface area contributed by atoms with Crippen molar-refractivity contribution in [1.29, 1.82) is 0 Å². The van der Waals surface area contributed by atoms with Gasteiger partial charge in [0.1, 0.15) is 0 Å². The van der Waals surface area contributed by atoms with Gasteiger partial charge >= 0.3 is 5.97 Å². The summed E-state index contributed by atoms with van der Waals surface area (Å²) in [7, 11) is 0. The van der Waals surface area contributed by atoms with E-state index in [-0.39, 0.29) is 18.5 Å². The smallest absolute Gasteiger partial charge is 0.305 e. The van der Waals surface area contributed by atoms with Crippen LogP contribution in [0.5, 0.6) is 0 Å². The van der Waals surface area contributed by atoms with Gasteiger partial charge in [-0.2, -0.15) is 0 Å². The molecule has 68 heavy (non-hydrogen) atoms. The molecule has 0 aromatic heterocycles. The van der Waals surface area contributed by atoms with Crippen LogP contribution in [-0.2, 0) is 14.3 Å². The second kappa shape index (κ2) is 57.9. The monoisotopic (exact) mass is 958 g/mol. The van der Waals surface area contributed by atoms with Crippen molar-refractivity contribution < 1.29 is 24.5 Å². The molecule has 0 heterocycles. The molecule has 6 nitrogen and oxygen atoms in total.